The first-order valence-electron chi connectivity index (χ1n) is 6.56. The van der Waals surface area contributed by atoms with Gasteiger partial charge in [0.1, 0.15) is 5.75 Å². The van der Waals surface area contributed by atoms with Crippen LogP contribution in [0.2, 0.25) is 0 Å². The Kier molecular flexibility index (Phi) is 6.59. The normalized spacial score (nSPS) is 12.9. The maximum atomic E-state index is 11.7. The summed E-state index contributed by atoms with van der Waals surface area (Å²) >= 11 is 0. The second-order valence-corrected chi connectivity index (χ2v) is 4.71. The van der Waals surface area contributed by atoms with Crippen LogP contribution in [0.15, 0.2) is 29.3 Å². The predicted molar refractivity (Wildman–Crippen MR) is 75.9 cm³/mol. The molecular weight excluding hydrogens is 274 g/mol. The fraction of sp³-hybridized carbons (Fsp3) is 0.467. The lowest BCUT2D eigenvalue weighted by Crippen LogP contribution is -2.36. The number of benzene rings is 1. The number of ether oxygens (including phenoxy) is 2. The van der Waals surface area contributed by atoms with Crippen LogP contribution < -0.4 is 4.74 Å². The van der Waals surface area contributed by atoms with E-state index in [2.05, 4.69) is 9.73 Å². The first-order chi connectivity index (χ1) is 10.1. The van der Waals surface area contributed by atoms with Crippen molar-refractivity contribution in [3.63, 3.8) is 0 Å². The van der Waals surface area contributed by atoms with Gasteiger partial charge in [0.25, 0.3) is 0 Å². The van der Waals surface area contributed by atoms with Gasteiger partial charge in [-0.3, -0.25) is 0 Å². The lowest BCUT2D eigenvalue weighted by Gasteiger charge is -2.20. The molecule has 0 aliphatic rings. The van der Waals surface area contributed by atoms with E-state index in [1.807, 2.05) is 0 Å². The highest BCUT2D eigenvalue weighted by Crippen LogP contribution is 2.21. The molecule has 0 saturated carbocycles. The highest BCUT2D eigenvalue weighted by molar-refractivity contribution is 5.81. The first-order valence-corrected chi connectivity index (χ1v) is 6.56. The molecule has 0 aliphatic heterocycles. The molecule has 0 saturated heterocycles. The summed E-state index contributed by atoms with van der Waals surface area (Å²) < 4.78 is 10.1. The van der Waals surface area contributed by atoms with Gasteiger partial charge in [0.2, 0.25) is 6.08 Å². The Bertz CT molecular complexity index is 507. The molecule has 0 amide bonds. The molecule has 0 aromatic heterocycles. The van der Waals surface area contributed by atoms with Gasteiger partial charge in [-0.2, -0.15) is 4.99 Å². The van der Waals surface area contributed by atoms with Crippen molar-refractivity contribution >= 4 is 12.0 Å². The van der Waals surface area contributed by atoms with Crippen LogP contribution in [0.1, 0.15) is 18.9 Å². The van der Waals surface area contributed by atoms with Gasteiger partial charge in [-0.15, -0.1) is 0 Å². The highest BCUT2D eigenvalue weighted by Gasteiger charge is 2.34. The molecular formula is C15H19NO5. The SMILES string of the molecule is COC(=O)C(C)(Cc1ccc(OCCCO)cc1)N=C=O. The van der Waals surface area contributed by atoms with Crippen molar-refractivity contribution < 1.29 is 24.2 Å². The van der Waals surface area contributed by atoms with E-state index in [1.165, 1.54) is 20.1 Å². The van der Waals surface area contributed by atoms with Crippen molar-refractivity contribution in [3.05, 3.63) is 29.8 Å². The zero-order chi connectivity index (χ0) is 15.7. The van der Waals surface area contributed by atoms with Gasteiger partial charge in [0.05, 0.1) is 13.7 Å². The van der Waals surface area contributed by atoms with Crippen molar-refractivity contribution in [1.29, 1.82) is 0 Å². The quantitative estimate of drug-likeness (QED) is 0.337. The number of carbonyl (C=O) groups is 1. The fourth-order valence-corrected chi connectivity index (χ4v) is 1.83. The number of hydrogen-bond donors (Lipinski definition) is 1. The highest BCUT2D eigenvalue weighted by atomic mass is 16.5. The third kappa shape index (κ3) is 5.02. The van der Waals surface area contributed by atoms with E-state index in [4.69, 9.17) is 9.84 Å². The average molecular weight is 293 g/mol. The molecule has 0 aliphatic carbocycles. The maximum absolute atomic E-state index is 11.7. The van der Waals surface area contributed by atoms with Gasteiger partial charge in [0, 0.05) is 19.4 Å². The standard InChI is InChI=1S/C15H19NO5/c1-15(16-11-18,14(19)20-2)10-12-4-6-13(7-5-12)21-9-3-8-17/h4-7,17H,3,8-10H2,1-2H3. The summed E-state index contributed by atoms with van der Waals surface area (Å²) in [5.41, 5.74) is -0.466. The van der Waals surface area contributed by atoms with Gasteiger partial charge in [-0.25, -0.2) is 9.59 Å². The van der Waals surface area contributed by atoms with Crippen LogP contribution in [0.3, 0.4) is 0 Å². The topological polar surface area (TPSA) is 85.2 Å². The Labute approximate surface area is 123 Å². The number of aliphatic hydroxyl groups is 1. The molecule has 6 heteroatoms. The van der Waals surface area contributed by atoms with Crippen molar-refractivity contribution in [2.75, 3.05) is 20.3 Å². The molecule has 1 N–H and O–H groups in total. The van der Waals surface area contributed by atoms with Gasteiger partial charge in [-0.05, 0) is 24.6 Å². The average Bonchev–Trinajstić information content (AvgIpc) is 2.48. The molecule has 1 aromatic carbocycles. The van der Waals surface area contributed by atoms with E-state index >= 15 is 0 Å². The summed E-state index contributed by atoms with van der Waals surface area (Å²) in [6.07, 6.45) is 2.21. The summed E-state index contributed by atoms with van der Waals surface area (Å²) in [6, 6.07) is 7.09. The molecule has 0 spiro atoms. The number of aliphatic imine (C=N–C) groups is 1. The number of methoxy groups -OCH3 is 1. The third-order valence-corrected chi connectivity index (χ3v) is 2.96. The molecule has 1 atom stereocenters. The molecule has 114 valence electrons. The van der Waals surface area contributed by atoms with Crippen LogP contribution in [-0.4, -0.2) is 43.0 Å². The van der Waals surface area contributed by atoms with E-state index in [9.17, 15) is 9.59 Å². The van der Waals surface area contributed by atoms with Gasteiger partial charge >= 0.3 is 5.97 Å². The summed E-state index contributed by atoms with van der Waals surface area (Å²) in [4.78, 5) is 25.8. The number of carbonyl (C=O) groups excluding carboxylic acids is 2. The molecule has 6 nitrogen and oxygen atoms in total. The monoisotopic (exact) mass is 293 g/mol. The van der Waals surface area contributed by atoms with Crippen molar-refractivity contribution in [1.82, 2.24) is 0 Å². The van der Waals surface area contributed by atoms with Crippen LogP contribution in [0.25, 0.3) is 0 Å². The van der Waals surface area contributed by atoms with E-state index in [1.54, 1.807) is 24.3 Å². The molecule has 0 fully saturated rings. The number of rotatable bonds is 8. The van der Waals surface area contributed by atoms with Gasteiger partial charge in [0.15, 0.2) is 5.54 Å². The van der Waals surface area contributed by atoms with E-state index in [-0.39, 0.29) is 13.0 Å². The Morgan fingerprint density at radius 2 is 2.05 bits per heavy atom. The fourth-order valence-electron chi connectivity index (χ4n) is 1.83. The molecule has 21 heavy (non-hydrogen) atoms. The number of isocyanates is 1. The minimum atomic E-state index is -1.28. The number of hydrogen-bond acceptors (Lipinski definition) is 6. The summed E-state index contributed by atoms with van der Waals surface area (Å²) in [5, 5.41) is 8.68. The largest absolute Gasteiger partial charge is 0.494 e. The Morgan fingerprint density at radius 1 is 1.38 bits per heavy atom. The van der Waals surface area contributed by atoms with Crippen molar-refractivity contribution in [2.45, 2.75) is 25.3 Å². The smallest absolute Gasteiger partial charge is 0.334 e. The van der Waals surface area contributed by atoms with Gasteiger partial charge in [-0.1, -0.05) is 12.1 Å². The van der Waals surface area contributed by atoms with E-state index < -0.39 is 11.5 Å². The molecule has 0 radical (unpaired) electrons. The molecule has 1 unspecified atom stereocenters. The summed E-state index contributed by atoms with van der Waals surface area (Å²) in [7, 11) is 1.25. The van der Waals surface area contributed by atoms with Crippen LogP contribution in [-0.2, 0) is 20.7 Å². The third-order valence-electron chi connectivity index (χ3n) is 2.96. The summed E-state index contributed by atoms with van der Waals surface area (Å²) in [6.45, 7) is 2.04. The maximum Gasteiger partial charge on any atom is 0.334 e. The van der Waals surface area contributed by atoms with Crippen LogP contribution in [0, 0.1) is 0 Å². The number of esters is 1. The lowest BCUT2D eigenvalue weighted by molar-refractivity contribution is -0.146. The summed E-state index contributed by atoms with van der Waals surface area (Å²) in [5.74, 6) is 0.0833. The molecule has 0 bridgehead atoms. The minimum absolute atomic E-state index is 0.0826. The number of nitrogens with zero attached hydrogens (tertiary/aromatic N) is 1. The zero-order valence-electron chi connectivity index (χ0n) is 12.2. The number of aliphatic hydroxyl groups excluding tert-OH is 1. The Morgan fingerprint density at radius 3 is 2.57 bits per heavy atom. The zero-order valence-corrected chi connectivity index (χ0v) is 12.2. The second kappa shape index (κ2) is 8.19. The van der Waals surface area contributed by atoms with Crippen molar-refractivity contribution in [3.8, 4) is 5.75 Å². The first kappa shape index (κ1) is 16.9. The Balaban J connectivity index is 2.77. The van der Waals surface area contributed by atoms with Crippen LogP contribution >= 0.6 is 0 Å². The van der Waals surface area contributed by atoms with Crippen LogP contribution in [0.5, 0.6) is 5.75 Å². The van der Waals surface area contributed by atoms with Crippen molar-refractivity contribution in [2.24, 2.45) is 4.99 Å². The van der Waals surface area contributed by atoms with E-state index in [0.29, 0.717) is 18.8 Å². The lowest BCUT2D eigenvalue weighted by atomic mass is 9.93. The molecule has 1 rings (SSSR count). The Hall–Kier alpha value is -2.17. The molecule has 0 heterocycles. The van der Waals surface area contributed by atoms with E-state index in [0.717, 1.165) is 5.56 Å². The molecule has 1 aromatic rings. The van der Waals surface area contributed by atoms with Crippen LogP contribution in [0.4, 0.5) is 0 Å². The minimum Gasteiger partial charge on any atom is -0.494 e. The predicted octanol–water partition coefficient (Wildman–Crippen LogP) is 1.26. The van der Waals surface area contributed by atoms with Gasteiger partial charge < -0.3 is 14.6 Å². The second-order valence-electron chi connectivity index (χ2n) is 4.71.